The predicted octanol–water partition coefficient (Wildman–Crippen LogP) is 0.770. The smallest absolute Gasteiger partial charge is 0.0897 e. The van der Waals surface area contributed by atoms with Gasteiger partial charge in [0.15, 0.2) is 0 Å². The fourth-order valence-electron chi connectivity index (χ4n) is 1.21. The third kappa shape index (κ3) is 8.05. The van der Waals surface area contributed by atoms with Gasteiger partial charge in [-0.1, -0.05) is 20.3 Å². The maximum Gasteiger partial charge on any atom is 0.0897 e. The number of aliphatic hydroxyl groups is 2. The number of nitrogens with one attached hydrogen (secondary N) is 1. The Morgan fingerprint density at radius 2 is 2.00 bits per heavy atom. The van der Waals surface area contributed by atoms with E-state index in [0.29, 0.717) is 13.2 Å². The lowest BCUT2D eigenvalue weighted by Gasteiger charge is -2.21. The molecule has 4 nitrogen and oxygen atoms in total. The molecular formula is C12H27NO3. The van der Waals surface area contributed by atoms with Crippen molar-refractivity contribution in [1.82, 2.24) is 5.32 Å². The Morgan fingerprint density at radius 3 is 2.56 bits per heavy atom. The Labute approximate surface area is 99.0 Å². The molecule has 0 spiro atoms. The Balaban J connectivity index is 3.45. The average Bonchev–Trinajstić information content (AvgIpc) is 2.30. The summed E-state index contributed by atoms with van der Waals surface area (Å²) in [4.78, 5) is 0. The van der Waals surface area contributed by atoms with Crippen LogP contribution in [0.2, 0.25) is 0 Å². The monoisotopic (exact) mass is 233 g/mol. The van der Waals surface area contributed by atoms with E-state index >= 15 is 0 Å². The maximum absolute atomic E-state index is 9.60. The fourth-order valence-corrected chi connectivity index (χ4v) is 1.21. The lowest BCUT2D eigenvalue weighted by Crippen LogP contribution is -2.40. The van der Waals surface area contributed by atoms with Gasteiger partial charge in [0, 0.05) is 25.8 Å². The van der Waals surface area contributed by atoms with Crippen LogP contribution in [0.5, 0.6) is 0 Å². The average molecular weight is 233 g/mol. The quantitative estimate of drug-likeness (QED) is 0.488. The first kappa shape index (κ1) is 15.8. The van der Waals surface area contributed by atoms with Crippen molar-refractivity contribution in [2.24, 2.45) is 5.92 Å². The maximum atomic E-state index is 9.60. The van der Waals surface area contributed by atoms with E-state index < -0.39 is 6.10 Å². The highest BCUT2D eigenvalue weighted by atomic mass is 16.5. The zero-order valence-corrected chi connectivity index (χ0v) is 10.8. The molecule has 0 heterocycles. The normalized spacial score (nSPS) is 17.1. The second kappa shape index (κ2) is 10.0. The zero-order valence-electron chi connectivity index (χ0n) is 10.8. The molecule has 0 aromatic heterocycles. The second-order valence-corrected chi connectivity index (χ2v) is 4.44. The van der Waals surface area contributed by atoms with Gasteiger partial charge in [0.1, 0.15) is 0 Å². The molecule has 3 atom stereocenters. The summed E-state index contributed by atoms with van der Waals surface area (Å²) < 4.78 is 5.32. The third-order valence-electron chi connectivity index (χ3n) is 2.77. The van der Waals surface area contributed by atoms with E-state index in [-0.39, 0.29) is 18.6 Å². The van der Waals surface area contributed by atoms with Gasteiger partial charge < -0.3 is 20.3 Å². The van der Waals surface area contributed by atoms with Crippen LogP contribution in [0.1, 0.15) is 33.6 Å². The summed E-state index contributed by atoms with van der Waals surface area (Å²) in [7, 11) is 0. The number of unbranched alkanes of at least 4 members (excludes halogenated alkanes) is 1. The van der Waals surface area contributed by atoms with Gasteiger partial charge in [-0.25, -0.2) is 0 Å². The largest absolute Gasteiger partial charge is 0.396 e. The highest BCUT2D eigenvalue weighted by Crippen LogP contribution is 2.00. The van der Waals surface area contributed by atoms with E-state index in [1.807, 2.05) is 13.8 Å². The Bertz CT molecular complexity index is 155. The third-order valence-corrected chi connectivity index (χ3v) is 2.77. The van der Waals surface area contributed by atoms with Gasteiger partial charge in [-0.3, -0.25) is 0 Å². The Hall–Kier alpha value is -0.160. The fraction of sp³-hybridized carbons (Fsp3) is 1.00. The van der Waals surface area contributed by atoms with Gasteiger partial charge in [0.25, 0.3) is 0 Å². The van der Waals surface area contributed by atoms with Crippen molar-refractivity contribution < 1.29 is 14.9 Å². The summed E-state index contributed by atoms with van der Waals surface area (Å²) in [5.74, 6) is 0.202. The van der Waals surface area contributed by atoms with Gasteiger partial charge in [0.05, 0.1) is 12.7 Å². The first-order valence-corrected chi connectivity index (χ1v) is 6.21. The molecule has 0 amide bonds. The lowest BCUT2D eigenvalue weighted by atomic mass is 10.1. The topological polar surface area (TPSA) is 61.7 Å². The Kier molecular flexibility index (Phi) is 9.92. The molecule has 0 fully saturated rings. The molecule has 3 unspecified atom stereocenters. The van der Waals surface area contributed by atoms with Crippen molar-refractivity contribution >= 4 is 0 Å². The predicted molar refractivity (Wildman–Crippen MR) is 65.4 cm³/mol. The molecule has 0 saturated carbocycles. The van der Waals surface area contributed by atoms with Crippen LogP contribution in [-0.2, 0) is 4.74 Å². The summed E-state index contributed by atoms with van der Waals surface area (Å²) in [5, 5.41) is 21.7. The van der Waals surface area contributed by atoms with Crippen molar-refractivity contribution in [2.75, 3.05) is 26.4 Å². The molecule has 0 rings (SSSR count). The summed E-state index contributed by atoms with van der Waals surface area (Å²) in [6, 6.07) is 0.204. The van der Waals surface area contributed by atoms with Gasteiger partial charge in [0.2, 0.25) is 0 Å². The van der Waals surface area contributed by atoms with Gasteiger partial charge >= 0.3 is 0 Å². The molecule has 0 aromatic rings. The molecule has 0 aromatic carbocycles. The van der Waals surface area contributed by atoms with Crippen LogP contribution < -0.4 is 5.32 Å². The minimum absolute atomic E-state index is 0.164. The van der Waals surface area contributed by atoms with Crippen LogP contribution >= 0.6 is 0 Å². The van der Waals surface area contributed by atoms with E-state index in [4.69, 9.17) is 9.84 Å². The van der Waals surface area contributed by atoms with Crippen molar-refractivity contribution in [1.29, 1.82) is 0 Å². The molecule has 98 valence electrons. The zero-order chi connectivity index (χ0) is 12.4. The molecule has 3 N–H and O–H groups in total. The number of ether oxygens (including phenoxy) is 1. The SMILES string of the molecule is CCCCOCC(O)CNC(C)C(C)CO. The van der Waals surface area contributed by atoms with Crippen LogP contribution in [0, 0.1) is 5.92 Å². The molecule has 0 radical (unpaired) electrons. The molecule has 0 aliphatic heterocycles. The highest BCUT2D eigenvalue weighted by Gasteiger charge is 2.12. The van der Waals surface area contributed by atoms with Crippen LogP contribution in [0.25, 0.3) is 0 Å². The summed E-state index contributed by atoms with van der Waals surface area (Å²) in [6.45, 7) is 7.87. The molecule has 0 saturated heterocycles. The van der Waals surface area contributed by atoms with Gasteiger partial charge in [-0.2, -0.15) is 0 Å². The van der Waals surface area contributed by atoms with Gasteiger partial charge in [-0.05, 0) is 19.3 Å². The van der Waals surface area contributed by atoms with Crippen LogP contribution in [0.15, 0.2) is 0 Å². The van der Waals surface area contributed by atoms with Crippen molar-refractivity contribution in [3.8, 4) is 0 Å². The molecule has 16 heavy (non-hydrogen) atoms. The molecule has 0 aliphatic rings. The summed E-state index contributed by atoms with van der Waals surface area (Å²) in [5.41, 5.74) is 0. The van der Waals surface area contributed by atoms with Crippen molar-refractivity contribution in [2.45, 2.75) is 45.8 Å². The van der Waals surface area contributed by atoms with E-state index in [1.54, 1.807) is 0 Å². The van der Waals surface area contributed by atoms with Crippen LogP contribution in [0.3, 0.4) is 0 Å². The standard InChI is InChI=1S/C12H27NO3/c1-4-5-6-16-9-12(15)7-13-11(3)10(2)8-14/h10-15H,4-9H2,1-3H3. The molecule has 0 aliphatic carbocycles. The number of hydrogen-bond acceptors (Lipinski definition) is 4. The molecule has 0 bridgehead atoms. The highest BCUT2D eigenvalue weighted by molar-refractivity contribution is 4.69. The van der Waals surface area contributed by atoms with E-state index in [9.17, 15) is 5.11 Å². The number of aliphatic hydroxyl groups excluding tert-OH is 2. The Morgan fingerprint density at radius 1 is 1.31 bits per heavy atom. The minimum Gasteiger partial charge on any atom is -0.396 e. The summed E-state index contributed by atoms with van der Waals surface area (Å²) >= 11 is 0. The number of rotatable bonds is 10. The van der Waals surface area contributed by atoms with E-state index in [0.717, 1.165) is 19.4 Å². The van der Waals surface area contributed by atoms with Crippen molar-refractivity contribution in [3.05, 3.63) is 0 Å². The molecular weight excluding hydrogens is 206 g/mol. The van der Waals surface area contributed by atoms with Crippen LogP contribution in [-0.4, -0.2) is 48.7 Å². The number of hydrogen-bond donors (Lipinski definition) is 3. The van der Waals surface area contributed by atoms with Crippen LogP contribution in [0.4, 0.5) is 0 Å². The second-order valence-electron chi connectivity index (χ2n) is 4.44. The first-order chi connectivity index (χ1) is 7.61. The first-order valence-electron chi connectivity index (χ1n) is 6.21. The minimum atomic E-state index is -0.467. The summed E-state index contributed by atoms with van der Waals surface area (Å²) in [6.07, 6.45) is 1.68. The van der Waals surface area contributed by atoms with E-state index in [2.05, 4.69) is 12.2 Å². The molecule has 4 heteroatoms. The van der Waals surface area contributed by atoms with Crippen molar-refractivity contribution in [3.63, 3.8) is 0 Å². The lowest BCUT2D eigenvalue weighted by molar-refractivity contribution is 0.0334. The van der Waals surface area contributed by atoms with E-state index in [1.165, 1.54) is 0 Å². The van der Waals surface area contributed by atoms with Gasteiger partial charge in [-0.15, -0.1) is 0 Å².